The third kappa shape index (κ3) is 6.94. The summed E-state index contributed by atoms with van der Waals surface area (Å²) in [6, 6.07) is 19.0. The summed E-state index contributed by atoms with van der Waals surface area (Å²) in [5, 5.41) is 7.00. The molecule has 192 valence electrons. The lowest BCUT2D eigenvalue weighted by Gasteiger charge is -2.14. The van der Waals surface area contributed by atoms with Crippen molar-refractivity contribution >= 4 is 22.6 Å². The molecule has 0 spiro atoms. The number of carbonyl (C=O) groups excluding carboxylic acids is 1. The van der Waals surface area contributed by atoms with Crippen LogP contribution in [0.5, 0.6) is 5.75 Å². The number of rotatable bonds is 7. The Labute approximate surface area is 212 Å². The first-order chi connectivity index (χ1) is 17.6. The summed E-state index contributed by atoms with van der Waals surface area (Å²) in [4.78, 5) is 17.2. The predicted molar refractivity (Wildman–Crippen MR) is 131 cm³/mol. The van der Waals surface area contributed by atoms with Gasteiger partial charge in [-0.15, -0.1) is 18.3 Å². The molecule has 12 heteroatoms. The zero-order valence-corrected chi connectivity index (χ0v) is 20.4. The van der Waals surface area contributed by atoms with E-state index in [1.54, 1.807) is 61.7 Å². The zero-order chi connectivity index (χ0) is 26.6. The van der Waals surface area contributed by atoms with E-state index in [2.05, 4.69) is 20.1 Å². The van der Waals surface area contributed by atoms with Crippen molar-refractivity contribution in [2.24, 2.45) is 0 Å². The lowest BCUT2D eigenvalue weighted by molar-refractivity contribution is -0.274. The number of carbonyl (C=O) groups is 1. The maximum absolute atomic E-state index is 12.3. The molecule has 0 saturated carbocycles. The fourth-order valence-corrected chi connectivity index (χ4v) is 3.85. The van der Waals surface area contributed by atoms with Crippen molar-refractivity contribution in [1.29, 1.82) is 0 Å². The maximum Gasteiger partial charge on any atom is 0.573 e. The Morgan fingerprint density at radius 1 is 1.00 bits per heavy atom. The first kappa shape index (κ1) is 25.9. The van der Waals surface area contributed by atoms with Crippen molar-refractivity contribution in [3.8, 4) is 22.8 Å². The number of nitrogens with zero attached hydrogens (tertiary/aromatic N) is 3. The molecule has 37 heavy (non-hydrogen) atoms. The normalized spacial score (nSPS) is 13.0. The quantitative estimate of drug-likeness (QED) is 0.321. The fourth-order valence-electron chi connectivity index (χ4n) is 3.33. The molecule has 4 aromatic rings. The number of halogens is 3. The molecular formula is C25H21F3N4O4S. The van der Waals surface area contributed by atoms with Crippen LogP contribution in [-0.4, -0.2) is 37.7 Å². The van der Waals surface area contributed by atoms with Gasteiger partial charge in [-0.25, -0.2) is 14.5 Å². The van der Waals surface area contributed by atoms with Crippen LogP contribution in [0.1, 0.15) is 18.6 Å². The van der Waals surface area contributed by atoms with Crippen LogP contribution in [-0.2, 0) is 15.5 Å². The van der Waals surface area contributed by atoms with Crippen LogP contribution in [0.3, 0.4) is 0 Å². The molecule has 0 bridgehead atoms. The molecule has 0 fully saturated rings. The van der Waals surface area contributed by atoms with Gasteiger partial charge in [0, 0.05) is 33.2 Å². The van der Waals surface area contributed by atoms with Gasteiger partial charge in [0.05, 0.1) is 5.69 Å². The van der Waals surface area contributed by atoms with Crippen LogP contribution in [0.2, 0.25) is 0 Å². The second-order valence-corrected chi connectivity index (χ2v) is 9.21. The molecule has 0 saturated heterocycles. The number of amides is 1. The number of anilines is 1. The molecule has 1 aromatic heterocycles. The van der Waals surface area contributed by atoms with Crippen molar-refractivity contribution in [3.63, 3.8) is 0 Å². The molecule has 3 aromatic carbocycles. The van der Waals surface area contributed by atoms with Gasteiger partial charge in [-0.3, -0.25) is 9.53 Å². The molecule has 0 radical (unpaired) electrons. The van der Waals surface area contributed by atoms with E-state index in [1.807, 2.05) is 0 Å². The summed E-state index contributed by atoms with van der Waals surface area (Å²) < 4.78 is 59.2. The van der Waals surface area contributed by atoms with E-state index in [-0.39, 0.29) is 5.75 Å². The number of benzene rings is 3. The Kier molecular flexibility index (Phi) is 7.58. The standard InChI is InChI=1S/C25H21F3N4O4S/c1-16(17-5-13-22(14-6-17)37(2)34)35-24(33)30-19-7-3-18(4-8-19)23-29-15-32(31-23)20-9-11-21(12-10-20)36-25(26,27)28/h3-16H,1-2H3,(H,30,33). The van der Waals surface area contributed by atoms with Gasteiger partial charge in [0.15, 0.2) is 5.82 Å². The van der Waals surface area contributed by atoms with Crippen molar-refractivity contribution < 1.29 is 31.6 Å². The number of hydrogen-bond acceptors (Lipinski definition) is 6. The summed E-state index contributed by atoms with van der Waals surface area (Å²) in [7, 11) is -1.09. The summed E-state index contributed by atoms with van der Waals surface area (Å²) in [5.41, 5.74) is 2.43. The Hall–Kier alpha value is -4.19. The molecule has 8 nitrogen and oxygen atoms in total. The van der Waals surface area contributed by atoms with Crippen LogP contribution in [0.25, 0.3) is 17.1 Å². The van der Waals surface area contributed by atoms with Crippen LogP contribution >= 0.6 is 0 Å². The van der Waals surface area contributed by atoms with E-state index >= 15 is 0 Å². The van der Waals surface area contributed by atoms with Gasteiger partial charge in [0.1, 0.15) is 18.2 Å². The first-order valence-corrected chi connectivity index (χ1v) is 12.4. The fraction of sp³-hybridized carbons (Fsp3) is 0.160. The van der Waals surface area contributed by atoms with E-state index in [0.717, 1.165) is 5.56 Å². The van der Waals surface area contributed by atoms with E-state index in [9.17, 15) is 22.2 Å². The highest BCUT2D eigenvalue weighted by molar-refractivity contribution is 7.84. The third-order valence-corrected chi connectivity index (χ3v) is 6.12. The molecule has 0 aliphatic carbocycles. The van der Waals surface area contributed by atoms with Crippen molar-refractivity contribution in [2.45, 2.75) is 24.3 Å². The van der Waals surface area contributed by atoms with Crippen molar-refractivity contribution in [2.75, 3.05) is 11.6 Å². The average Bonchev–Trinajstić information content (AvgIpc) is 3.34. The minimum Gasteiger partial charge on any atom is -0.441 e. The maximum atomic E-state index is 12.3. The Bertz CT molecular complexity index is 1390. The first-order valence-electron chi connectivity index (χ1n) is 10.9. The average molecular weight is 531 g/mol. The molecule has 1 amide bonds. The Morgan fingerprint density at radius 3 is 2.24 bits per heavy atom. The monoisotopic (exact) mass is 530 g/mol. The van der Waals surface area contributed by atoms with Crippen molar-refractivity contribution in [1.82, 2.24) is 14.8 Å². The molecule has 4 rings (SSSR count). The topological polar surface area (TPSA) is 95.3 Å². The highest BCUT2D eigenvalue weighted by atomic mass is 32.2. The Morgan fingerprint density at radius 2 is 1.65 bits per heavy atom. The van der Waals surface area contributed by atoms with Crippen LogP contribution in [0, 0.1) is 0 Å². The lowest BCUT2D eigenvalue weighted by atomic mass is 10.1. The number of aromatic nitrogens is 3. The predicted octanol–water partition coefficient (Wildman–Crippen LogP) is 5.88. The Balaban J connectivity index is 1.35. The number of ether oxygens (including phenoxy) is 2. The largest absolute Gasteiger partial charge is 0.573 e. The van der Waals surface area contributed by atoms with Gasteiger partial charge >= 0.3 is 12.5 Å². The van der Waals surface area contributed by atoms with Crippen LogP contribution < -0.4 is 10.1 Å². The smallest absolute Gasteiger partial charge is 0.441 e. The molecule has 2 atom stereocenters. The minimum atomic E-state index is -4.76. The molecular weight excluding hydrogens is 509 g/mol. The van der Waals surface area contributed by atoms with Gasteiger partial charge in [-0.1, -0.05) is 12.1 Å². The minimum absolute atomic E-state index is 0.334. The second-order valence-electron chi connectivity index (χ2n) is 7.83. The van der Waals surface area contributed by atoms with Crippen LogP contribution in [0.15, 0.2) is 84.0 Å². The highest BCUT2D eigenvalue weighted by Gasteiger charge is 2.31. The van der Waals surface area contributed by atoms with Crippen molar-refractivity contribution in [3.05, 3.63) is 84.7 Å². The summed E-state index contributed by atoms with van der Waals surface area (Å²) in [6.07, 6.45) is -2.88. The van der Waals surface area contributed by atoms with Gasteiger partial charge in [-0.05, 0) is 73.2 Å². The SMILES string of the molecule is CC(OC(=O)Nc1ccc(-c2ncn(-c3ccc(OC(F)(F)F)cc3)n2)cc1)c1ccc(S(C)=O)cc1. The molecule has 0 aliphatic rings. The number of alkyl halides is 3. The zero-order valence-electron chi connectivity index (χ0n) is 19.6. The summed E-state index contributed by atoms with van der Waals surface area (Å²) in [5.74, 6) is 0.0505. The summed E-state index contributed by atoms with van der Waals surface area (Å²) in [6.45, 7) is 1.74. The van der Waals surface area contributed by atoms with Gasteiger partial charge in [0.25, 0.3) is 0 Å². The molecule has 2 unspecified atom stereocenters. The third-order valence-electron chi connectivity index (χ3n) is 5.18. The summed E-state index contributed by atoms with van der Waals surface area (Å²) >= 11 is 0. The van der Waals surface area contributed by atoms with E-state index in [1.165, 1.54) is 35.3 Å². The second kappa shape index (κ2) is 10.8. The molecule has 1 N–H and O–H groups in total. The molecule has 1 heterocycles. The van der Waals surface area contributed by atoms with Gasteiger partial charge in [-0.2, -0.15) is 0 Å². The van der Waals surface area contributed by atoms with Gasteiger partial charge < -0.3 is 9.47 Å². The van der Waals surface area contributed by atoms with E-state index in [0.29, 0.717) is 27.7 Å². The molecule has 0 aliphatic heterocycles. The van der Waals surface area contributed by atoms with E-state index < -0.39 is 29.4 Å². The number of hydrogen-bond donors (Lipinski definition) is 1. The van der Waals surface area contributed by atoms with Gasteiger partial charge in [0.2, 0.25) is 0 Å². The number of nitrogens with one attached hydrogen (secondary N) is 1. The van der Waals surface area contributed by atoms with Crippen LogP contribution in [0.4, 0.5) is 23.7 Å². The van der Waals surface area contributed by atoms with E-state index in [4.69, 9.17) is 4.74 Å². The lowest BCUT2D eigenvalue weighted by Crippen LogP contribution is -2.17. The highest BCUT2D eigenvalue weighted by Crippen LogP contribution is 2.25.